The Hall–Kier alpha value is -2.41. The van der Waals surface area contributed by atoms with Crippen LogP contribution in [0.2, 0.25) is 5.02 Å². The molecule has 0 fully saturated rings. The number of anilines is 1. The van der Waals surface area contributed by atoms with Gasteiger partial charge in [-0.3, -0.25) is 14.3 Å². The summed E-state index contributed by atoms with van der Waals surface area (Å²) in [6.07, 6.45) is 2.98. The van der Waals surface area contributed by atoms with Gasteiger partial charge in [-0.05, 0) is 18.2 Å². The van der Waals surface area contributed by atoms with E-state index in [0.29, 0.717) is 17.3 Å². The zero-order valence-electron chi connectivity index (χ0n) is 11.0. The summed E-state index contributed by atoms with van der Waals surface area (Å²) in [6.45, 7) is -0.0912. The predicted octanol–water partition coefficient (Wildman–Crippen LogP) is 1.44. The molecule has 1 N–H and O–H groups in total. The van der Waals surface area contributed by atoms with E-state index in [9.17, 15) is 9.59 Å². The highest BCUT2D eigenvalue weighted by atomic mass is 35.5. The van der Waals surface area contributed by atoms with Crippen molar-refractivity contribution in [2.24, 2.45) is 0 Å². The van der Waals surface area contributed by atoms with Crippen molar-refractivity contribution >= 4 is 29.2 Å². The summed E-state index contributed by atoms with van der Waals surface area (Å²) < 4.78 is 1.51. The number of carboxylic acids is 1. The summed E-state index contributed by atoms with van der Waals surface area (Å²) in [5.41, 5.74) is 0.452. The maximum Gasteiger partial charge on any atom is 0.323 e. The number of rotatable bonds is 6. The van der Waals surface area contributed by atoms with E-state index in [1.54, 1.807) is 24.3 Å². The van der Waals surface area contributed by atoms with E-state index in [1.165, 1.54) is 22.2 Å². The van der Waals surface area contributed by atoms with Crippen LogP contribution in [0.3, 0.4) is 0 Å². The fourth-order valence-corrected chi connectivity index (χ4v) is 1.98. The maximum atomic E-state index is 12.2. The number of aromatic nitrogens is 3. The van der Waals surface area contributed by atoms with Crippen molar-refractivity contribution in [3.8, 4) is 0 Å². The first kappa shape index (κ1) is 15.0. The number of carbonyl (C=O) groups excluding carboxylic acids is 1. The standard InChI is InChI=1S/C13H13ClN4O3/c14-10-2-1-3-11(6-10)18(7-13(20)21)12(19)4-5-17-9-15-8-16-17/h1-3,6,8-9H,4-5,7H2,(H,20,21). The second kappa shape index (κ2) is 6.85. The summed E-state index contributed by atoms with van der Waals surface area (Å²) >= 11 is 5.88. The molecule has 0 aliphatic rings. The van der Waals surface area contributed by atoms with Gasteiger partial charge >= 0.3 is 5.97 Å². The van der Waals surface area contributed by atoms with Crippen LogP contribution < -0.4 is 4.90 Å². The molecule has 1 aromatic heterocycles. The van der Waals surface area contributed by atoms with Crippen molar-refractivity contribution in [1.29, 1.82) is 0 Å². The SMILES string of the molecule is O=C(O)CN(C(=O)CCn1cncn1)c1cccc(Cl)c1. The minimum Gasteiger partial charge on any atom is -0.480 e. The predicted molar refractivity (Wildman–Crippen MR) is 76.1 cm³/mol. The summed E-state index contributed by atoms with van der Waals surface area (Å²) in [7, 11) is 0. The lowest BCUT2D eigenvalue weighted by atomic mass is 10.2. The first-order chi connectivity index (χ1) is 10.1. The van der Waals surface area contributed by atoms with E-state index >= 15 is 0 Å². The minimum atomic E-state index is -1.09. The van der Waals surface area contributed by atoms with Crippen molar-refractivity contribution in [2.75, 3.05) is 11.4 Å². The molecule has 0 unspecified atom stereocenters. The number of aliphatic carboxylic acids is 1. The number of hydrogen-bond acceptors (Lipinski definition) is 4. The van der Waals surface area contributed by atoms with Crippen LogP contribution in [-0.2, 0) is 16.1 Å². The molecule has 2 aromatic rings. The molecule has 0 saturated heterocycles. The Morgan fingerprint density at radius 1 is 1.38 bits per heavy atom. The lowest BCUT2D eigenvalue weighted by Crippen LogP contribution is -2.36. The van der Waals surface area contributed by atoms with Gasteiger partial charge in [-0.2, -0.15) is 5.10 Å². The van der Waals surface area contributed by atoms with Crippen molar-refractivity contribution in [2.45, 2.75) is 13.0 Å². The molecule has 1 amide bonds. The minimum absolute atomic E-state index is 0.114. The molecule has 21 heavy (non-hydrogen) atoms. The Balaban J connectivity index is 2.11. The van der Waals surface area contributed by atoms with Gasteiger partial charge in [0.1, 0.15) is 19.2 Å². The monoisotopic (exact) mass is 308 g/mol. The third-order valence-corrected chi connectivity index (χ3v) is 2.97. The van der Waals surface area contributed by atoms with E-state index < -0.39 is 12.5 Å². The van der Waals surface area contributed by atoms with Crippen LogP contribution in [0.5, 0.6) is 0 Å². The maximum absolute atomic E-state index is 12.2. The molecule has 1 heterocycles. The highest BCUT2D eigenvalue weighted by Gasteiger charge is 2.19. The van der Waals surface area contributed by atoms with Gasteiger partial charge < -0.3 is 10.0 Å². The van der Waals surface area contributed by atoms with Crippen LogP contribution in [-0.4, -0.2) is 38.3 Å². The van der Waals surface area contributed by atoms with Gasteiger partial charge in [-0.25, -0.2) is 4.98 Å². The quantitative estimate of drug-likeness (QED) is 0.872. The highest BCUT2D eigenvalue weighted by Crippen LogP contribution is 2.20. The number of carbonyl (C=O) groups is 2. The van der Waals surface area contributed by atoms with Crippen LogP contribution in [0.25, 0.3) is 0 Å². The topological polar surface area (TPSA) is 88.3 Å². The molecule has 0 aliphatic heterocycles. The van der Waals surface area contributed by atoms with Crippen LogP contribution in [0, 0.1) is 0 Å². The first-order valence-corrected chi connectivity index (χ1v) is 6.54. The van der Waals surface area contributed by atoms with Crippen molar-refractivity contribution in [1.82, 2.24) is 14.8 Å². The van der Waals surface area contributed by atoms with Crippen molar-refractivity contribution in [3.05, 3.63) is 41.9 Å². The number of nitrogens with zero attached hydrogens (tertiary/aromatic N) is 4. The van der Waals surface area contributed by atoms with Gasteiger partial charge in [0.15, 0.2) is 0 Å². The van der Waals surface area contributed by atoms with E-state index in [0.717, 1.165) is 0 Å². The molecule has 1 aromatic carbocycles. The fraction of sp³-hybridized carbons (Fsp3) is 0.231. The Kier molecular flexibility index (Phi) is 4.89. The fourth-order valence-electron chi connectivity index (χ4n) is 1.80. The van der Waals surface area contributed by atoms with Gasteiger partial charge in [-0.15, -0.1) is 0 Å². The number of aryl methyl sites for hydroxylation is 1. The summed E-state index contributed by atoms with van der Waals surface area (Å²) in [5, 5.41) is 13.3. The average molecular weight is 309 g/mol. The molecule has 0 spiro atoms. The van der Waals surface area contributed by atoms with E-state index in [1.807, 2.05) is 0 Å². The molecule has 0 bridgehead atoms. The van der Waals surface area contributed by atoms with Gasteiger partial charge in [0.25, 0.3) is 0 Å². The molecule has 0 atom stereocenters. The lowest BCUT2D eigenvalue weighted by molar-refractivity contribution is -0.136. The average Bonchev–Trinajstić information content (AvgIpc) is 2.95. The Labute approximate surface area is 125 Å². The molecule has 0 radical (unpaired) electrons. The Bertz CT molecular complexity index is 630. The van der Waals surface area contributed by atoms with E-state index in [2.05, 4.69) is 10.1 Å². The number of halogens is 1. The van der Waals surface area contributed by atoms with Gasteiger partial charge in [-0.1, -0.05) is 17.7 Å². The van der Waals surface area contributed by atoms with Gasteiger partial charge in [0, 0.05) is 17.1 Å². The molecule has 0 saturated carbocycles. The summed E-state index contributed by atoms with van der Waals surface area (Å²) in [5.74, 6) is -1.42. The van der Waals surface area contributed by atoms with Crippen LogP contribution in [0.15, 0.2) is 36.9 Å². The first-order valence-electron chi connectivity index (χ1n) is 6.16. The molecule has 2 rings (SSSR count). The van der Waals surface area contributed by atoms with Crippen molar-refractivity contribution in [3.63, 3.8) is 0 Å². The van der Waals surface area contributed by atoms with Crippen LogP contribution in [0.4, 0.5) is 5.69 Å². The second-order valence-corrected chi connectivity index (χ2v) is 4.70. The highest BCUT2D eigenvalue weighted by molar-refractivity contribution is 6.30. The van der Waals surface area contributed by atoms with Crippen molar-refractivity contribution < 1.29 is 14.7 Å². The molecular formula is C13H13ClN4O3. The Morgan fingerprint density at radius 2 is 2.19 bits per heavy atom. The largest absolute Gasteiger partial charge is 0.480 e. The van der Waals surface area contributed by atoms with Gasteiger partial charge in [0.2, 0.25) is 5.91 Å². The lowest BCUT2D eigenvalue weighted by Gasteiger charge is -2.21. The van der Waals surface area contributed by atoms with Crippen LogP contribution in [0.1, 0.15) is 6.42 Å². The number of amides is 1. The summed E-state index contributed by atoms with van der Waals surface area (Å²) in [4.78, 5) is 28.2. The molecule has 0 aliphatic carbocycles. The van der Waals surface area contributed by atoms with E-state index in [-0.39, 0.29) is 12.3 Å². The molecular weight excluding hydrogens is 296 g/mol. The van der Waals surface area contributed by atoms with Crippen LogP contribution >= 0.6 is 11.6 Å². The zero-order chi connectivity index (χ0) is 15.2. The number of benzene rings is 1. The van der Waals surface area contributed by atoms with E-state index in [4.69, 9.17) is 16.7 Å². The zero-order valence-corrected chi connectivity index (χ0v) is 11.8. The smallest absolute Gasteiger partial charge is 0.323 e. The third kappa shape index (κ3) is 4.28. The second-order valence-electron chi connectivity index (χ2n) is 4.26. The normalized spacial score (nSPS) is 10.3. The molecule has 110 valence electrons. The molecule has 7 nitrogen and oxygen atoms in total. The number of carboxylic acid groups (broad SMARTS) is 1. The number of hydrogen-bond donors (Lipinski definition) is 1. The third-order valence-electron chi connectivity index (χ3n) is 2.74. The summed E-state index contributed by atoms with van der Waals surface area (Å²) in [6, 6.07) is 6.52. The Morgan fingerprint density at radius 3 is 2.81 bits per heavy atom. The molecule has 8 heteroatoms. The van der Waals surface area contributed by atoms with Gasteiger partial charge in [0.05, 0.1) is 6.54 Å².